The van der Waals surface area contributed by atoms with Gasteiger partial charge in [-0.05, 0) is 31.0 Å². The fraction of sp³-hybridized carbons (Fsp3) is 0.462. The van der Waals surface area contributed by atoms with E-state index in [0.717, 1.165) is 5.56 Å². The van der Waals surface area contributed by atoms with E-state index in [2.05, 4.69) is 4.74 Å². The average molecular weight is 260 g/mol. The van der Waals surface area contributed by atoms with E-state index in [1.165, 1.54) is 6.07 Å². The zero-order chi connectivity index (χ0) is 13.7. The first kappa shape index (κ1) is 14.7. The second-order valence-corrected chi connectivity index (χ2v) is 4.08. The van der Waals surface area contributed by atoms with E-state index >= 15 is 0 Å². The van der Waals surface area contributed by atoms with Crippen molar-refractivity contribution >= 4 is 5.78 Å². The molecule has 2 nitrogen and oxygen atoms in total. The molecule has 0 N–H and O–H groups in total. The molecule has 0 radical (unpaired) electrons. The Morgan fingerprint density at radius 3 is 2.56 bits per heavy atom. The van der Waals surface area contributed by atoms with Gasteiger partial charge in [0.05, 0.1) is 12.2 Å². The van der Waals surface area contributed by atoms with Gasteiger partial charge in [-0.2, -0.15) is 0 Å². The van der Waals surface area contributed by atoms with Gasteiger partial charge in [0.2, 0.25) is 0 Å². The summed E-state index contributed by atoms with van der Waals surface area (Å²) in [5.74, 6) is -1.01. The standard InChI is InChI=1S/C13H15F3O2/c1-8-5-9(2)13(10(14)6-8)11(17)3-4-18-7-12(15)16/h5-6,12H,3-4,7H2,1-2H3. The summed E-state index contributed by atoms with van der Waals surface area (Å²) in [6.45, 7) is 2.54. The molecule has 0 amide bonds. The third-order valence-corrected chi connectivity index (χ3v) is 2.43. The van der Waals surface area contributed by atoms with E-state index < -0.39 is 24.6 Å². The number of Topliss-reactive ketones (excluding diaryl/α,β-unsaturated/α-hetero) is 1. The Kier molecular flexibility index (Phi) is 5.34. The molecule has 0 aliphatic rings. The highest BCUT2D eigenvalue weighted by atomic mass is 19.3. The number of halogens is 3. The zero-order valence-corrected chi connectivity index (χ0v) is 10.3. The van der Waals surface area contributed by atoms with Crippen LogP contribution in [0.5, 0.6) is 0 Å². The second-order valence-electron chi connectivity index (χ2n) is 4.08. The lowest BCUT2D eigenvalue weighted by atomic mass is 10.00. The third kappa shape index (κ3) is 4.14. The van der Waals surface area contributed by atoms with Crippen molar-refractivity contribution in [2.45, 2.75) is 26.7 Å². The fourth-order valence-electron chi connectivity index (χ4n) is 1.73. The lowest BCUT2D eigenvalue weighted by Crippen LogP contribution is -2.11. The number of alkyl halides is 2. The molecule has 0 fully saturated rings. The fourth-order valence-corrected chi connectivity index (χ4v) is 1.73. The first-order chi connectivity index (χ1) is 8.41. The van der Waals surface area contributed by atoms with Gasteiger partial charge < -0.3 is 4.74 Å². The highest BCUT2D eigenvalue weighted by molar-refractivity contribution is 5.97. The molecular formula is C13H15F3O2. The molecule has 0 atom stereocenters. The quantitative estimate of drug-likeness (QED) is 0.579. The van der Waals surface area contributed by atoms with Crippen LogP contribution in [0.2, 0.25) is 0 Å². The Morgan fingerprint density at radius 1 is 1.33 bits per heavy atom. The van der Waals surface area contributed by atoms with Crippen molar-refractivity contribution in [2.24, 2.45) is 0 Å². The maximum Gasteiger partial charge on any atom is 0.261 e. The van der Waals surface area contributed by atoms with E-state index in [1.807, 2.05) is 0 Å². The highest BCUT2D eigenvalue weighted by Crippen LogP contribution is 2.17. The molecule has 1 aromatic rings. The van der Waals surface area contributed by atoms with Crippen LogP contribution in [0.15, 0.2) is 12.1 Å². The Bertz CT molecular complexity index is 407. The number of carbonyl (C=O) groups is 1. The van der Waals surface area contributed by atoms with Crippen LogP contribution in [0, 0.1) is 19.7 Å². The summed E-state index contributed by atoms with van der Waals surface area (Å²) in [5.41, 5.74) is 1.29. The van der Waals surface area contributed by atoms with Crippen molar-refractivity contribution in [1.82, 2.24) is 0 Å². The lowest BCUT2D eigenvalue weighted by Gasteiger charge is -2.08. The SMILES string of the molecule is Cc1cc(C)c(C(=O)CCOCC(F)F)c(F)c1. The minimum atomic E-state index is -2.56. The second kappa shape index (κ2) is 6.54. The normalized spacial score (nSPS) is 11.0. The summed E-state index contributed by atoms with van der Waals surface area (Å²) < 4.78 is 41.8. The molecule has 0 spiro atoms. The Labute approximate surface area is 104 Å². The molecular weight excluding hydrogens is 245 g/mol. The molecule has 0 saturated carbocycles. The van der Waals surface area contributed by atoms with Gasteiger partial charge in [0, 0.05) is 6.42 Å². The van der Waals surface area contributed by atoms with Crippen LogP contribution >= 0.6 is 0 Å². The summed E-state index contributed by atoms with van der Waals surface area (Å²) >= 11 is 0. The van der Waals surface area contributed by atoms with E-state index in [1.54, 1.807) is 19.9 Å². The summed E-state index contributed by atoms with van der Waals surface area (Å²) in [6.07, 6.45) is -2.66. The van der Waals surface area contributed by atoms with Gasteiger partial charge in [0.25, 0.3) is 6.43 Å². The number of benzene rings is 1. The van der Waals surface area contributed by atoms with Crippen LogP contribution in [0.25, 0.3) is 0 Å². The average Bonchev–Trinajstić information content (AvgIpc) is 2.22. The van der Waals surface area contributed by atoms with E-state index in [9.17, 15) is 18.0 Å². The third-order valence-electron chi connectivity index (χ3n) is 2.43. The van der Waals surface area contributed by atoms with Crippen molar-refractivity contribution in [1.29, 1.82) is 0 Å². The maximum absolute atomic E-state index is 13.6. The molecule has 0 unspecified atom stereocenters. The number of hydrogen-bond donors (Lipinski definition) is 0. The predicted molar refractivity (Wildman–Crippen MR) is 61.6 cm³/mol. The number of carbonyl (C=O) groups excluding carboxylic acids is 1. The van der Waals surface area contributed by atoms with Gasteiger partial charge in [0.1, 0.15) is 12.4 Å². The summed E-state index contributed by atoms with van der Waals surface area (Å²) in [5, 5.41) is 0. The van der Waals surface area contributed by atoms with Gasteiger partial charge >= 0.3 is 0 Å². The molecule has 0 aromatic heterocycles. The Hall–Kier alpha value is -1.36. The van der Waals surface area contributed by atoms with Crippen LogP contribution in [0.4, 0.5) is 13.2 Å². The summed E-state index contributed by atoms with van der Waals surface area (Å²) in [4.78, 5) is 11.7. The molecule has 100 valence electrons. The molecule has 18 heavy (non-hydrogen) atoms. The number of hydrogen-bond acceptors (Lipinski definition) is 2. The topological polar surface area (TPSA) is 26.3 Å². The van der Waals surface area contributed by atoms with Gasteiger partial charge in [-0.1, -0.05) is 6.07 Å². The molecule has 1 rings (SSSR count). The van der Waals surface area contributed by atoms with Crippen LogP contribution in [0.3, 0.4) is 0 Å². The molecule has 0 saturated heterocycles. The van der Waals surface area contributed by atoms with Crippen LogP contribution in [0.1, 0.15) is 27.9 Å². The van der Waals surface area contributed by atoms with Crippen molar-refractivity contribution in [3.63, 3.8) is 0 Å². The van der Waals surface area contributed by atoms with Crippen LogP contribution in [-0.2, 0) is 4.74 Å². The van der Waals surface area contributed by atoms with Crippen molar-refractivity contribution in [3.8, 4) is 0 Å². The number of ketones is 1. The van der Waals surface area contributed by atoms with E-state index in [4.69, 9.17) is 0 Å². The molecule has 0 heterocycles. The number of rotatable bonds is 6. The summed E-state index contributed by atoms with van der Waals surface area (Å²) in [7, 11) is 0. The minimum absolute atomic E-state index is 0.0150. The predicted octanol–water partition coefficient (Wildman–Crippen LogP) is 3.30. The Morgan fingerprint density at radius 2 is 2.00 bits per heavy atom. The molecule has 0 aliphatic heterocycles. The zero-order valence-electron chi connectivity index (χ0n) is 10.3. The largest absolute Gasteiger partial charge is 0.375 e. The summed E-state index contributed by atoms with van der Waals surface area (Å²) in [6, 6.07) is 2.98. The van der Waals surface area contributed by atoms with Gasteiger partial charge in [-0.3, -0.25) is 4.79 Å². The van der Waals surface area contributed by atoms with E-state index in [-0.39, 0.29) is 18.6 Å². The van der Waals surface area contributed by atoms with Crippen LogP contribution in [-0.4, -0.2) is 25.4 Å². The molecule has 5 heteroatoms. The molecule has 1 aromatic carbocycles. The van der Waals surface area contributed by atoms with Crippen molar-refractivity contribution < 1.29 is 22.7 Å². The smallest absolute Gasteiger partial charge is 0.261 e. The first-order valence-corrected chi connectivity index (χ1v) is 5.57. The number of ether oxygens (including phenoxy) is 1. The minimum Gasteiger partial charge on any atom is -0.375 e. The van der Waals surface area contributed by atoms with Crippen molar-refractivity contribution in [2.75, 3.05) is 13.2 Å². The van der Waals surface area contributed by atoms with E-state index in [0.29, 0.717) is 5.56 Å². The lowest BCUT2D eigenvalue weighted by molar-refractivity contribution is 0.0169. The molecule has 0 aliphatic carbocycles. The van der Waals surface area contributed by atoms with Crippen LogP contribution < -0.4 is 0 Å². The first-order valence-electron chi connectivity index (χ1n) is 5.57. The maximum atomic E-state index is 13.6. The van der Waals surface area contributed by atoms with Gasteiger partial charge in [-0.25, -0.2) is 13.2 Å². The van der Waals surface area contributed by atoms with Gasteiger partial charge in [0.15, 0.2) is 5.78 Å². The monoisotopic (exact) mass is 260 g/mol. The Balaban J connectivity index is 2.62. The molecule has 0 bridgehead atoms. The van der Waals surface area contributed by atoms with Crippen molar-refractivity contribution in [3.05, 3.63) is 34.6 Å². The highest BCUT2D eigenvalue weighted by Gasteiger charge is 2.15. The number of aryl methyl sites for hydroxylation is 2. The van der Waals surface area contributed by atoms with Gasteiger partial charge in [-0.15, -0.1) is 0 Å².